The predicted octanol–water partition coefficient (Wildman–Crippen LogP) is 4.28. The Balaban J connectivity index is 1.70. The number of ether oxygens (including phenoxy) is 1. The largest absolute Gasteiger partial charge is 0.443 e. The number of nitrogens with one attached hydrogen (secondary N) is 3. The lowest BCUT2D eigenvalue weighted by atomic mass is 10.1. The maximum Gasteiger partial charge on any atom is 0.426 e. The van der Waals surface area contributed by atoms with Gasteiger partial charge < -0.3 is 10.1 Å². The van der Waals surface area contributed by atoms with E-state index in [2.05, 4.69) is 16.2 Å². The number of benzene rings is 3. The molecule has 0 saturated heterocycles. The van der Waals surface area contributed by atoms with Gasteiger partial charge in [0.1, 0.15) is 11.6 Å². The highest BCUT2D eigenvalue weighted by molar-refractivity contribution is 7.86. The van der Waals surface area contributed by atoms with Crippen molar-refractivity contribution in [1.29, 1.82) is 0 Å². The van der Waals surface area contributed by atoms with E-state index >= 15 is 0 Å². The molecule has 0 fully saturated rings. The van der Waals surface area contributed by atoms with E-state index in [4.69, 9.17) is 8.92 Å². The average molecular weight is 514 g/mol. The van der Waals surface area contributed by atoms with Crippen LogP contribution in [0.4, 0.5) is 10.5 Å². The van der Waals surface area contributed by atoms with Gasteiger partial charge in [0.2, 0.25) is 0 Å². The molecule has 1 atom stereocenters. The summed E-state index contributed by atoms with van der Waals surface area (Å²) in [4.78, 5) is 24.9. The van der Waals surface area contributed by atoms with Crippen LogP contribution in [0.15, 0.2) is 71.6 Å². The van der Waals surface area contributed by atoms with Gasteiger partial charge in [0.05, 0.1) is 11.5 Å². The van der Waals surface area contributed by atoms with Gasteiger partial charge in [0.15, 0.2) is 0 Å². The first-order valence-corrected chi connectivity index (χ1v) is 12.8. The Kier molecular flexibility index (Phi) is 8.54. The summed E-state index contributed by atoms with van der Waals surface area (Å²) in [5, 5.41) is 5.09. The van der Waals surface area contributed by atoms with Crippen LogP contribution in [0.2, 0.25) is 0 Å². The Morgan fingerprint density at radius 2 is 1.58 bits per heavy atom. The summed E-state index contributed by atoms with van der Waals surface area (Å²) in [5.74, 6) is -0.592. The van der Waals surface area contributed by atoms with Crippen molar-refractivity contribution in [3.05, 3.63) is 72.3 Å². The molecule has 10 heteroatoms. The molecule has 3 rings (SSSR count). The number of amides is 2. The molecule has 0 bridgehead atoms. The molecular weight excluding hydrogens is 482 g/mol. The number of hydrogen-bond donors (Lipinski definition) is 3. The summed E-state index contributed by atoms with van der Waals surface area (Å²) in [6.07, 6.45) is -0.821. The smallest absolute Gasteiger partial charge is 0.426 e. The third-order valence-electron chi connectivity index (χ3n) is 5.05. The van der Waals surface area contributed by atoms with Crippen LogP contribution in [0.1, 0.15) is 32.8 Å². The van der Waals surface area contributed by atoms with E-state index in [0.717, 1.165) is 16.3 Å². The van der Waals surface area contributed by atoms with Crippen LogP contribution in [0.25, 0.3) is 10.8 Å². The molecule has 0 aromatic heterocycles. The molecule has 3 aromatic rings. The summed E-state index contributed by atoms with van der Waals surface area (Å²) >= 11 is 0. The first-order chi connectivity index (χ1) is 16.9. The lowest BCUT2D eigenvalue weighted by Crippen LogP contribution is -2.50. The number of hydrazine groups is 1. The standard InChI is InChI=1S/C26H31N3O6S/c1-18-9-13-22(14-10-18)36(32,33)34-16-15-23(24(30)28-29-25(31)35-26(2,3)4)27-21-12-11-19-7-5-6-8-20(19)17-21/h5-14,17,23,27H,15-16H2,1-4H3,(H,28,30)(H,29,31). The molecule has 1 unspecified atom stereocenters. The second kappa shape index (κ2) is 11.4. The first kappa shape index (κ1) is 27.0. The fourth-order valence-electron chi connectivity index (χ4n) is 3.30. The fraction of sp³-hybridized carbons (Fsp3) is 0.308. The van der Waals surface area contributed by atoms with Crippen LogP contribution < -0.4 is 16.2 Å². The van der Waals surface area contributed by atoms with Crippen LogP contribution in [0.5, 0.6) is 0 Å². The lowest BCUT2D eigenvalue weighted by molar-refractivity contribution is -0.123. The highest BCUT2D eigenvalue weighted by atomic mass is 32.2. The zero-order chi connectivity index (χ0) is 26.3. The number of aryl methyl sites for hydroxylation is 1. The molecule has 2 amide bonds. The Morgan fingerprint density at radius 1 is 0.917 bits per heavy atom. The predicted molar refractivity (Wildman–Crippen MR) is 138 cm³/mol. The van der Waals surface area contributed by atoms with E-state index in [-0.39, 0.29) is 17.9 Å². The summed E-state index contributed by atoms with van der Waals surface area (Å²) in [7, 11) is -4.00. The molecule has 9 nitrogen and oxygen atoms in total. The lowest BCUT2D eigenvalue weighted by Gasteiger charge is -2.22. The highest BCUT2D eigenvalue weighted by Gasteiger charge is 2.23. The van der Waals surface area contributed by atoms with E-state index in [0.29, 0.717) is 5.69 Å². The molecule has 0 heterocycles. The molecule has 3 aromatic carbocycles. The number of anilines is 1. The van der Waals surface area contributed by atoms with Crippen molar-refractivity contribution in [1.82, 2.24) is 10.9 Å². The number of carbonyl (C=O) groups excluding carboxylic acids is 2. The Morgan fingerprint density at radius 3 is 2.25 bits per heavy atom. The Bertz CT molecular complexity index is 1320. The van der Waals surface area contributed by atoms with Crippen molar-refractivity contribution in [2.75, 3.05) is 11.9 Å². The minimum atomic E-state index is -4.00. The zero-order valence-corrected chi connectivity index (χ0v) is 21.5. The minimum absolute atomic E-state index is 0.000248. The number of fused-ring (bicyclic) bond motifs is 1. The summed E-state index contributed by atoms with van der Waals surface area (Å²) in [6, 6.07) is 18.7. The second-order valence-corrected chi connectivity index (χ2v) is 10.9. The molecular formula is C26H31N3O6S. The van der Waals surface area contributed by atoms with Crippen LogP contribution in [0, 0.1) is 6.92 Å². The monoisotopic (exact) mass is 513 g/mol. The molecule has 0 saturated carbocycles. The second-order valence-electron chi connectivity index (χ2n) is 9.25. The van der Waals surface area contributed by atoms with Gasteiger partial charge in [0, 0.05) is 12.1 Å². The quantitative estimate of drug-likeness (QED) is 0.303. The summed E-state index contributed by atoms with van der Waals surface area (Å²) in [5.41, 5.74) is 5.35. The van der Waals surface area contributed by atoms with E-state index in [9.17, 15) is 18.0 Å². The van der Waals surface area contributed by atoms with Crippen molar-refractivity contribution in [2.24, 2.45) is 0 Å². The molecule has 0 aliphatic carbocycles. The van der Waals surface area contributed by atoms with Gasteiger partial charge in [-0.15, -0.1) is 0 Å². The number of carbonyl (C=O) groups is 2. The van der Waals surface area contributed by atoms with Gasteiger partial charge in [-0.1, -0.05) is 48.0 Å². The summed E-state index contributed by atoms with van der Waals surface area (Å²) in [6.45, 7) is 6.69. The van der Waals surface area contributed by atoms with Crippen LogP contribution >= 0.6 is 0 Å². The summed E-state index contributed by atoms with van der Waals surface area (Å²) < 4.78 is 35.4. The molecule has 36 heavy (non-hydrogen) atoms. The van der Waals surface area contributed by atoms with Gasteiger partial charge in [-0.2, -0.15) is 8.42 Å². The molecule has 0 aliphatic heterocycles. The SMILES string of the molecule is Cc1ccc(S(=O)(=O)OCCC(Nc2ccc3ccccc3c2)C(=O)NNC(=O)OC(C)(C)C)cc1. The van der Waals surface area contributed by atoms with Crippen LogP contribution in [-0.2, 0) is 23.8 Å². The minimum Gasteiger partial charge on any atom is -0.443 e. The number of hydrogen-bond acceptors (Lipinski definition) is 7. The van der Waals surface area contributed by atoms with Crippen molar-refractivity contribution >= 4 is 38.6 Å². The molecule has 0 spiro atoms. The average Bonchev–Trinajstić information content (AvgIpc) is 2.81. The number of rotatable bonds is 8. The van der Waals surface area contributed by atoms with Gasteiger partial charge in [-0.05, 0) is 62.7 Å². The fourth-order valence-corrected chi connectivity index (χ4v) is 4.22. The third kappa shape index (κ3) is 7.96. The van der Waals surface area contributed by atoms with E-state index < -0.39 is 33.8 Å². The Hall–Kier alpha value is -3.63. The van der Waals surface area contributed by atoms with E-state index in [1.165, 1.54) is 12.1 Å². The molecule has 3 N–H and O–H groups in total. The molecule has 0 radical (unpaired) electrons. The van der Waals surface area contributed by atoms with E-state index in [1.54, 1.807) is 32.9 Å². The maximum absolute atomic E-state index is 12.9. The molecule has 0 aliphatic rings. The zero-order valence-electron chi connectivity index (χ0n) is 20.7. The molecule has 192 valence electrons. The van der Waals surface area contributed by atoms with Gasteiger partial charge in [-0.25, -0.2) is 10.2 Å². The third-order valence-corrected chi connectivity index (χ3v) is 6.37. The van der Waals surface area contributed by atoms with Crippen molar-refractivity contribution in [3.8, 4) is 0 Å². The van der Waals surface area contributed by atoms with Crippen LogP contribution in [0.3, 0.4) is 0 Å². The van der Waals surface area contributed by atoms with Crippen molar-refractivity contribution in [2.45, 2.75) is 50.7 Å². The Labute approximate surface area is 211 Å². The highest BCUT2D eigenvalue weighted by Crippen LogP contribution is 2.20. The van der Waals surface area contributed by atoms with Gasteiger partial charge >= 0.3 is 6.09 Å². The van der Waals surface area contributed by atoms with Crippen molar-refractivity contribution < 1.29 is 26.9 Å². The van der Waals surface area contributed by atoms with Crippen LogP contribution in [-0.4, -0.2) is 38.7 Å². The topological polar surface area (TPSA) is 123 Å². The first-order valence-electron chi connectivity index (χ1n) is 11.4. The van der Waals surface area contributed by atoms with E-state index in [1.807, 2.05) is 49.4 Å². The van der Waals surface area contributed by atoms with Gasteiger partial charge in [-0.3, -0.25) is 14.4 Å². The van der Waals surface area contributed by atoms with Gasteiger partial charge in [0.25, 0.3) is 16.0 Å². The normalized spacial score (nSPS) is 12.6. The van der Waals surface area contributed by atoms with Crippen molar-refractivity contribution in [3.63, 3.8) is 0 Å². The maximum atomic E-state index is 12.9.